The van der Waals surface area contributed by atoms with E-state index >= 15 is 0 Å². The highest BCUT2D eigenvalue weighted by Gasteiger charge is 2.21. The van der Waals surface area contributed by atoms with Gasteiger partial charge >= 0.3 is 0 Å². The Hall–Kier alpha value is -1.82. The van der Waals surface area contributed by atoms with Gasteiger partial charge in [0.15, 0.2) is 11.4 Å². The first-order chi connectivity index (χ1) is 9.08. The van der Waals surface area contributed by atoms with Gasteiger partial charge in [0.05, 0.1) is 20.4 Å². The SMILES string of the molecule is COc1ccc(Br)c(C(=O)c2c(OC)cnn2C)c1. The molecule has 0 amide bonds. The normalized spacial score (nSPS) is 10.3. The Morgan fingerprint density at radius 1 is 1.32 bits per heavy atom. The van der Waals surface area contributed by atoms with Gasteiger partial charge in [-0.15, -0.1) is 0 Å². The van der Waals surface area contributed by atoms with Crippen LogP contribution in [0.1, 0.15) is 16.1 Å². The fourth-order valence-electron chi connectivity index (χ4n) is 1.76. The van der Waals surface area contributed by atoms with Gasteiger partial charge in [-0.25, -0.2) is 0 Å². The number of methoxy groups -OCH3 is 2. The lowest BCUT2D eigenvalue weighted by atomic mass is 10.1. The highest BCUT2D eigenvalue weighted by Crippen LogP contribution is 2.27. The lowest BCUT2D eigenvalue weighted by molar-refractivity contribution is 0.102. The van der Waals surface area contributed by atoms with Crippen molar-refractivity contribution >= 4 is 21.7 Å². The fraction of sp³-hybridized carbons (Fsp3) is 0.231. The maximum Gasteiger partial charge on any atom is 0.216 e. The summed E-state index contributed by atoms with van der Waals surface area (Å²) in [5.41, 5.74) is 0.901. The number of nitrogens with zero attached hydrogens (tertiary/aromatic N) is 2. The third-order valence-corrected chi connectivity index (χ3v) is 3.45. The average Bonchev–Trinajstić information content (AvgIpc) is 2.79. The topological polar surface area (TPSA) is 53.4 Å². The van der Waals surface area contributed by atoms with Gasteiger partial charge in [0.1, 0.15) is 5.75 Å². The molecule has 1 aromatic carbocycles. The van der Waals surface area contributed by atoms with E-state index in [0.717, 1.165) is 0 Å². The van der Waals surface area contributed by atoms with Crippen LogP contribution >= 0.6 is 15.9 Å². The summed E-state index contributed by atoms with van der Waals surface area (Å²) >= 11 is 3.37. The van der Waals surface area contributed by atoms with Gasteiger partial charge in [0.25, 0.3) is 0 Å². The summed E-state index contributed by atoms with van der Waals surface area (Å²) in [4.78, 5) is 12.6. The molecule has 0 N–H and O–H groups in total. The number of halogens is 1. The molecular formula is C13H13BrN2O3. The van der Waals surface area contributed by atoms with Crippen LogP contribution in [-0.4, -0.2) is 29.8 Å². The number of hydrogen-bond acceptors (Lipinski definition) is 4. The van der Waals surface area contributed by atoms with Gasteiger partial charge < -0.3 is 9.47 Å². The Morgan fingerprint density at radius 2 is 2.05 bits per heavy atom. The zero-order valence-electron chi connectivity index (χ0n) is 10.8. The zero-order valence-corrected chi connectivity index (χ0v) is 12.4. The Labute approximate surface area is 119 Å². The number of benzene rings is 1. The second-order valence-electron chi connectivity index (χ2n) is 3.86. The molecule has 0 spiro atoms. The largest absolute Gasteiger partial charge is 0.497 e. The first-order valence-electron chi connectivity index (χ1n) is 5.52. The quantitative estimate of drug-likeness (QED) is 0.810. The number of hydrogen-bond donors (Lipinski definition) is 0. The number of aromatic nitrogens is 2. The molecule has 0 aliphatic heterocycles. The van der Waals surface area contributed by atoms with Crippen LogP contribution in [0.5, 0.6) is 11.5 Å². The highest BCUT2D eigenvalue weighted by atomic mass is 79.9. The summed E-state index contributed by atoms with van der Waals surface area (Å²) in [7, 11) is 4.76. The van der Waals surface area contributed by atoms with Crippen molar-refractivity contribution in [1.82, 2.24) is 9.78 Å². The third kappa shape index (κ3) is 2.49. The van der Waals surface area contributed by atoms with Crippen molar-refractivity contribution < 1.29 is 14.3 Å². The van der Waals surface area contributed by atoms with E-state index in [0.29, 0.717) is 27.2 Å². The summed E-state index contributed by atoms with van der Waals surface area (Å²) in [6.45, 7) is 0. The van der Waals surface area contributed by atoms with E-state index in [1.807, 2.05) is 0 Å². The van der Waals surface area contributed by atoms with Crippen LogP contribution in [0.2, 0.25) is 0 Å². The molecule has 0 aliphatic carbocycles. The van der Waals surface area contributed by atoms with Crippen molar-refractivity contribution in [1.29, 1.82) is 0 Å². The maximum absolute atomic E-state index is 12.6. The minimum atomic E-state index is -0.178. The average molecular weight is 325 g/mol. The van der Waals surface area contributed by atoms with Crippen LogP contribution in [-0.2, 0) is 7.05 Å². The van der Waals surface area contributed by atoms with Crippen molar-refractivity contribution in [3.63, 3.8) is 0 Å². The smallest absolute Gasteiger partial charge is 0.216 e. The number of ketones is 1. The predicted octanol–water partition coefficient (Wildman–Crippen LogP) is 2.43. The van der Waals surface area contributed by atoms with Crippen LogP contribution in [0.3, 0.4) is 0 Å². The second-order valence-corrected chi connectivity index (χ2v) is 4.71. The van der Waals surface area contributed by atoms with Crippen molar-refractivity contribution in [2.24, 2.45) is 7.05 Å². The molecule has 0 bridgehead atoms. The maximum atomic E-state index is 12.6. The molecule has 1 aromatic heterocycles. The molecule has 1 heterocycles. The summed E-state index contributed by atoms with van der Waals surface area (Å²) in [6, 6.07) is 5.23. The van der Waals surface area contributed by atoms with E-state index in [-0.39, 0.29) is 5.78 Å². The number of aryl methyl sites for hydroxylation is 1. The molecule has 2 rings (SSSR count). The Morgan fingerprint density at radius 3 is 2.68 bits per heavy atom. The third-order valence-electron chi connectivity index (χ3n) is 2.76. The Bertz CT molecular complexity index is 622. The standard InChI is InChI=1S/C13H13BrN2O3/c1-16-12(11(19-3)7-15-16)13(17)9-6-8(18-2)4-5-10(9)14/h4-7H,1-3H3. The zero-order chi connectivity index (χ0) is 14.0. The summed E-state index contributed by atoms with van der Waals surface area (Å²) < 4.78 is 12.5. The first kappa shape index (κ1) is 13.6. The summed E-state index contributed by atoms with van der Waals surface area (Å²) in [5, 5.41) is 4.03. The van der Waals surface area contributed by atoms with Gasteiger partial charge in [-0.1, -0.05) is 15.9 Å². The van der Waals surface area contributed by atoms with Crippen molar-refractivity contribution in [2.75, 3.05) is 14.2 Å². The lowest BCUT2D eigenvalue weighted by Crippen LogP contribution is -2.10. The molecule has 100 valence electrons. The molecule has 0 saturated heterocycles. The van der Waals surface area contributed by atoms with Crippen LogP contribution in [0.15, 0.2) is 28.9 Å². The first-order valence-corrected chi connectivity index (χ1v) is 6.32. The van der Waals surface area contributed by atoms with Crippen molar-refractivity contribution in [3.05, 3.63) is 40.1 Å². The minimum Gasteiger partial charge on any atom is -0.497 e. The fourth-order valence-corrected chi connectivity index (χ4v) is 2.19. The number of carbonyl (C=O) groups excluding carboxylic acids is 1. The molecule has 0 fully saturated rings. The molecule has 6 heteroatoms. The molecule has 5 nitrogen and oxygen atoms in total. The van der Waals surface area contributed by atoms with Gasteiger partial charge in [0.2, 0.25) is 5.78 Å². The molecule has 19 heavy (non-hydrogen) atoms. The monoisotopic (exact) mass is 324 g/mol. The Balaban J connectivity index is 2.52. The van der Waals surface area contributed by atoms with Gasteiger partial charge in [-0.05, 0) is 18.2 Å². The molecule has 0 aliphatic rings. The number of rotatable bonds is 4. The van der Waals surface area contributed by atoms with E-state index in [1.165, 1.54) is 18.0 Å². The molecule has 0 saturated carbocycles. The molecule has 0 atom stereocenters. The minimum absolute atomic E-state index is 0.178. The van der Waals surface area contributed by atoms with Crippen LogP contribution in [0, 0.1) is 0 Å². The highest BCUT2D eigenvalue weighted by molar-refractivity contribution is 9.10. The molecule has 2 aromatic rings. The molecule has 0 radical (unpaired) electrons. The van der Waals surface area contributed by atoms with E-state index in [1.54, 1.807) is 32.4 Å². The van der Waals surface area contributed by atoms with Crippen LogP contribution in [0.25, 0.3) is 0 Å². The van der Waals surface area contributed by atoms with E-state index in [9.17, 15) is 4.79 Å². The van der Waals surface area contributed by atoms with Gasteiger partial charge in [-0.3, -0.25) is 9.48 Å². The van der Waals surface area contributed by atoms with Gasteiger partial charge in [0, 0.05) is 17.1 Å². The number of carbonyl (C=O) groups is 1. The van der Waals surface area contributed by atoms with Crippen molar-refractivity contribution in [3.8, 4) is 11.5 Å². The van der Waals surface area contributed by atoms with Crippen LogP contribution in [0.4, 0.5) is 0 Å². The van der Waals surface area contributed by atoms with E-state index in [4.69, 9.17) is 9.47 Å². The molecular weight excluding hydrogens is 312 g/mol. The molecule has 0 unspecified atom stereocenters. The second kappa shape index (κ2) is 5.44. The van der Waals surface area contributed by atoms with Crippen LogP contribution < -0.4 is 9.47 Å². The predicted molar refractivity (Wildman–Crippen MR) is 73.9 cm³/mol. The van der Waals surface area contributed by atoms with Gasteiger partial charge in [-0.2, -0.15) is 5.10 Å². The summed E-state index contributed by atoms with van der Waals surface area (Å²) in [6.07, 6.45) is 1.52. The lowest BCUT2D eigenvalue weighted by Gasteiger charge is -2.08. The summed E-state index contributed by atoms with van der Waals surface area (Å²) in [5.74, 6) is 0.887. The van der Waals surface area contributed by atoms with E-state index in [2.05, 4.69) is 21.0 Å². The Kier molecular flexibility index (Phi) is 3.90. The number of ether oxygens (including phenoxy) is 2. The van der Waals surface area contributed by atoms with Crippen molar-refractivity contribution in [2.45, 2.75) is 0 Å². The van der Waals surface area contributed by atoms with E-state index < -0.39 is 0 Å².